The van der Waals surface area contributed by atoms with E-state index in [1.54, 1.807) is 17.3 Å². The van der Waals surface area contributed by atoms with E-state index in [4.69, 9.17) is 0 Å². The van der Waals surface area contributed by atoms with E-state index in [-0.39, 0.29) is 4.83 Å². The molecule has 206 valence electrons. The van der Waals surface area contributed by atoms with Crippen LogP contribution in [0.1, 0.15) is 143 Å². The Kier molecular flexibility index (Phi) is 10.6. The average molecular weight is 580 g/mol. The summed E-state index contributed by atoms with van der Waals surface area (Å²) >= 11 is 5.34. The van der Waals surface area contributed by atoms with Crippen LogP contribution in [-0.4, -0.2) is 15.2 Å². The Morgan fingerprint density at radius 2 is 1.72 bits per heavy atom. The lowest BCUT2D eigenvalue weighted by Gasteiger charge is -2.58. The van der Waals surface area contributed by atoms with Gasteiger partial charge in [-0.2, -0.15) is 0 Å². The number of hydrogen-bond donors (Lipinski definition) is 0. The molecule has 0 aliphatic heterocycles. The fourth-order valence-electron chi connectivity index (χ4n) is 9.22. The monoisotopic (exact) mass is 578 g/mol. The van der Waals surface area contributed by atoms with E-state index in [0.717, 1.165) is 49.4 Å². The van der Waals surface area contributed by atoms with Gasteiger partial charge < -0.3 is 0 Å². The third-order valence-corrected chi connectivity index (χ3v) is 13.9. The second-order valence-electron chi connectivity index (χ2n) is 13.5. The van der Waals surface area contributed by atoms with Crippen LogP contribution in [-0.2, 0) is 4.79 Å². The number of unbranched alkanes of at least 4 members (excludes halogenated alkanes) is 6. The molecule has 3 fully saturated rings. The number of carbonyl (C=O) groups excluding carboxylic acids is 1. The number of allylic oxidation sites excluding steroid dienone is 2. The molecule has 0 spiro atoms. The molecule has 0 saturated heterocycles. The van der Waals surface area contributed by atoms with Crippen LogP contribution in [0.2, 0.25) is 0 Å². The summed E-state index contributed by atoms with van der Waals surface area (Å²) in [5.41, 5.74) is 2.73. The second kappa shape index (κ2) is 13.1. The molecule has 0 aromatic heterocycles. The van der Waals surface area contributed by atoms with Crippen molar-refractivity contribution in [2.75, 3.05) is 0 Å². The summed E-state index contributed by atoms with van der Waals surface area (Å²) in [6, 6.07) is 0. The highest BCUT2D eigenvalue weighted by molar-refractivity contribution is 9.10. The van der Waals surface area contributed by atoms with Crippen LogP contribution in [0.15, 0.2) is 11.6 Å². The Hall–Kier alpha value is 0.240. The Morgan fingerprint density at radius 1 is 0.972 bits per heavy atom. The summed E-state index contributed by atoms with van der Waals surface area (Å²) in [6.45, 7) is 9.85. The Balaban J connectivity index is 1.34. The van der Waals surface area contributed by atoms with Gasteiger partial charge in [0.25, 0.3) is 0 Å². The molecule has 0 N–H and O–H groups in total. The second-order valence-corrected chi connectivity index (χ2v) is 16.0. The van der Waals surface area contributed by atoms with Gasteiger partial charge in [-0.05, 0) is 98.7 Å². The van der Waals surface area contributed by atoms with E-state index >= 15 is 0 Å². The third-order valence-electron chi connectivity index (χ3n) is 11.5. The molecule has 8 unspecified atom stereocenters. The minimum absolute atomic E-state index is 0.0446. The van der Waals surface area contributed by atoms with E-state index in [0.29, 0.717) is 21.2 Å². The Morgan fingerprint density at radius 3 is 2.50 bits per heavy atom. The van der Waals surface area contributed by atoms with E-state index < -0.39 is 0 Å². The van der Waals surface area contributed by atoms with E-state index in [1.807, 2.05) is 0 Å². The lowest BCUT2D eigenvalue weighted by atomic mass is 9.47. The fourth-order valence-corrected chi connectivity index (χ4v) is 11.0. The van der Waals surface area contributed by atoms with Gasteiger partial charge in [-0.15, -0.1) is 0 Å². The Bertz CT molecular complexity index is 763. The molecule has 3 heteroatoms. The molecule has 4 aliphatic rings. The number of carbonyl (C=O) groups is 1. The summed E-state index contributed by atoms with van der Waals surface area (Å²) in [5, 5.41) is 0.874. The maximum absolute atomic E-state index is 12.8. The molecule has 0 heterocycles. The van der Waals surface area contributed by atoms with Crippen molar-refractivity contribution < 1.29 is 4.79 Å². The van der Waals surface area contributed by atoms with Gasteiger partial charge in [0.1, 0.15) is 0 Å². The first kappa shape index (κ1) is 29.2. The molecule has 3 saturated carbocycles. The standard InChI is InChI=1S/C33H55BrOS/c1-5-7-9-10-11-12-13-24-16-18-28-27-17-15-25-23-26(36-31(35)30(34)14-8-6-2)19-21-33(25,4)29(27)20-22-32(24,28)3/h15,24,26-30H,5-14,16-23H2,1-4H3. The van der Waals surface area contributed by atoms with Crippen LogP contribution >= 0.6 is 27.7 Å². The summed E-state index contributed by atoms with van der Waals surface area (Å²) in [7, 11) is 0. The molecular weight excluding hydrogens is 524 g/mol. The topological polar surface area (TPSA) is 17.1 Å². The molecule has 0 aromatic carbocycles. The number of halogens is 1. The van der Waals surface area contributed by atoms with Crippen molar-refractivity contribution in [2.45, 2.75) is 153 Å². The predicted octanol–water partition coefficient (Wildman–Crippen LogP) is 10.9. The first-order valence-electron chi connectivity index (χ1n) is 15.9. The lowest BCUT2D eigenvalue weighted by Crippen LogP contribution is -2.50. The van der Waals surface area contributed by atoms with E-state index in [2.05, 4.69) is 49.7 Å². The molecule has 0 bridgehead atoms. The van der Waals surface area contributed by atoms with Gasteiger partial charge in [0.15, 0.2) is 0 Å². The van der Waals surface area contributed by atoms with E-state index in [1.165, 1.54) is 89.9 Å². The zero-order chi connectivity index (χ0) is 25.8. The van der Waals surface area contributed by atoms with Crippen molar-refractivity contribution in [3.63, 3.8) is 0 Å². The fraction of sp³-hybridized carbons (Fsp3) is 0.909. The van der Waals surface area contributed by atoms with Crippen LogP contribution in [0.3, 0.4) is 0 Å². The zero-order valence-electron chi connectivity index (χ0n) is 24.0. The number of fused-ring (bicyclic) bond motifs is 5. The van der Waals surface area contributed by atoms with Crippen molar-refractivity contribution in [3.05, 3.63) is 11.6 Å². The van der Waals surface area contributed by atoms with Gasteiger partial charge in [0.2, 0.25) is 5.12 Å². The highest BCUT2D eigenvalue weighted by Gasteiger charge is 2.58. The Labute approximate surface area is 236 Å². The van der Waals surface area contributed by atoms with Crippen molar-refractivity contribution in [1.29, 1.82) is 0 Å². The quantitative estimate of drug-likeness (QED) is 0.130. The molecule has 4 aliphatic carbocycles. The third kappa shape index (κ3) is 6.18. The predicted molar refractivity (Wildman–Crippen MR) is 162 cm³/mol. The van der Waals surface area contributed by atoms with Gasteiger partial charge in [-0.3, -0.25) is 4.79 Å². The van der Waals surface area contributed by atoms with Gasteiger partial charge in [-0.25, -0.2) is 0 Å². The minimum Gasteiger partial charge on any atom is -0.286 e. The zero-order valence-corrected chi connectivity index (χ0v) is 26.4. The molecule has 1 nitrogen and oxygen atoms in total. The number of thioether (sulfide) groups is 1. The normalized spacial score (nSPS) is 38.6. The molecular formula is C33H55BrOS. The molecule has 0 aromatic rings. The number of rotatable bonds is 12. The maximum atomic E-state index is 12.8. The van der Waals surface area contributed by atoms with Crippen LogP contribution in [0.5, 0.6) is 0 Å². The van der Waals surface area contributed by atoms with Crippen LogP contribution in [0, 0.1) is 34.5 Å². The molecule has 8 atom stereocenters. The summed E-state index contributed by atoms with van der Waals surface area (Å²) in [5.74, 6) is 3.74. The summed E-state index contributed by atoms with van der Waals surface area (Å²) in [6.07, 6.45) is 27.0. The SMILES string of the molecule is CCCCCCCCC1CCC2C3CC=C4CC(SC(=O)C(Br)CCCC)CCC4(C)C3CCC12C. The summed E-state index contributed by atoms with van der Waals surface area (Å²) < 4.78 is 0. The van der Waals surface area contributed by atoms with Crippen LogP contribution in [0.4, 0.5) is 0 Å². The average Bonchev–Trinajstić information content (AvgIpc) is 3.21. The first-order chi connectivity index (χ1) is 17.3. The van der Waals surface area contributed by atoms with Gasteiger partial charge >= 0.3 is 0 Å². The van der Waals surface area contributed by atoms with Crippen LogP contribution in [0.25, 0.3) is 0 Å². The number of alkyl halides is 1. The van der Waals surface area contributed by atoms with Crippen molar-refractivity contribution in [3.8, 4) is 0 Å². The molecule has 4 rings (SSSR count). The van der Waals surface area contributed by atoms with Gasteiger partial charge in [-0.1, -0.05) is 118 Å². The smallest absolute Gasteiger partial charge is 0.202 e. The molecule has 0 radical (unpaired) electrons. The largest absolute Gasteiger partial charge is 0.286 e. The first-order valence-corrected chi connectivity index (χ1v) is 17.7. The molecule has 36 heavy (non-hydrogen) atoms. The lowest BCUT2D eigenvalue weighted by molar-refractivity contribution is -0.110. The summed E-state index contributed by atoms with van der Waals surface area (Å²) in [4.78, 5) is 12.9. The van der Waals surface area contributed by atoms with Crippen molar-refractivity contribution >= 4 is 32.8 Å². The van der Waals surface area contributed by atoms with Gasteiger partial charge in [0.05, 0.1) is 4.83 Å². The van der Waals surface area contributed by atoms with Crippen molar-refractivity contribution in [1.82, 2.24) is 0 Å². The highest BCUT2D eigenvalue weighted by Crippen LogP contribution is 2.67. The van der Waals surface area contributed by atoms with Gasteiger partial charge in [0, 0.05) is 5.25 Å². The van der Waals surface area contributed by atoms with Crippen molar-refractivity contribution in [2.24, 2.45) is 34.5 Å². The highest BCUT2D eigenvalue weighted by atomic mass is 79.9. The molecule has 0 amide bonds. The number of hydrogen-bond acceptors (Lipinski definition) is 2. The van der Waals surface area contributed by atoms with Crippen LogP contribution < -0.4 is 0 Å². The van der Waals surface area contributed by atoms with E-state index in [9.17, 15) is 4.79 Å². The minimum atomic E-state index is 0.0446. The maximum Gasteiger partial charge on any atom is 0.202 e.